The summed E-state index contributed by atoms with van der Waals surface area (Å²) in [5, 5.41) is 1.23. The zero-order valence-corrected chi connectivity index (χ0v) is 17.5. The molecule has 1 atom stereocenters. The zero-order valence-electron chi connectivity index (χ0n) is 16.7. The van der Waals surface area contributed by atoms with Crippen molar-refractivity contribution in [3.63, 3.8) is 0 Å². The number of rotatable bonds is 3. The van der Waals surface area contributed by atoms with Crippen LogP contribution in [0.1, 0.15) is 29.8 Å². The van der Waals surface area contributed by atoms with Crippen LogP contribution in [0.3, 0.4) is 0 Å². The van der Waals surface area contributed by atoms with Gasteiger partial charge in [0.1, 0.15) is 0 Å². The molecule has 0 N–H and O–H groups in total. The van der Waals surface area contributed by atoms with E-state index in [9.17, 15) is 8.42 Å². The van der Waals surface area contributed by atoms with Gasteiger partial charge in [0.2, 0.25) is 10.0 Å². The Morgan fingerprint density at radius 3 is 2.55 bits per heavy atom. The fraction of sp³-hybridized carbons (Fsp3) is 0.250. The molecule has 0 fully saturated rings. The summed E-state index contributed by atoms with van der Waals surface area (Å²) in [6, 6.07) is 15.2. The Kier molecular flexibility index (Phi) is 4.09. The Morgan fingerprint density at radius 2 is 1.83 bits per heavy atom. The largest absolute Gasteiger partial charge is 0.339 e. The quantitative estimate of drug-likeness (QED) is 0.632. The second-order valence-corrected chi connectivity index (χ2v) is 9.90. The monoisotopic (exact) mass is 404 g/mol. The van der Waals surface area contributed by atoms with E-state index >= 15 is 0 Å². The second-order valence-electron chi connectivity index (χ2n) is 8.01. The van der Waals surface area contributed by atoms with Crippen molar-refractivity contribution in [2.24, 2.45) is 0 Å². The van der Waals surface area contributed by atoms with Crippen molar-refractivity contribution in [1.29, 1.82) is 0 Å². The van der Waals surface area contributed by atoms with Crippen LogP contribution in [0.15, 0.2) is 77.2 Å². The molecule has 3 aromatic rings. The maximum absolute atomic E-state index is 13.7. The number of nitrogens with zero attached hydrogens (tertiary/aromatic N) is 2. The molecule has 2 aliphatic rings. The molecule has 1 aromatic heterocycles. The molecule has 0 bridgehead atoms. The van der Waals surface area contributed by atoms with E-state index in [1.54, 1.807) is 16.4 Å². The average molecular weight is 405 g/mol. The van der Waals surface area contributed by atoms with Crippen LogP contribution in [0.5, 0.6) is 0 Å². The number of fused-ring (bicyclic) bond motifs is 3. The summed E-state index contributed by atoms with van der Waals surface area (Å²) in [5.74, 6) is 0. The minimum atomic E-state index is -3.63. The fourth-order valence-electron chi connectivity index (χ4n) is 4.77. The van der Waals surface area contributed by atoms with E-state index in [4.69, 9.17) is 0 Å². The first-order chi connectivity index (χ1) is 13.9. The molecule has 148 valence electrons. The third-order valence-electron chi connectivity index (χ3n) is 6.16. The molecule has 0 radical (unpaired) electrons. The van der Waals surface area contributed by atoms with Gasteiger partial charge in [0.05, 0.1) is 10.9 Å². The van der Waals surface area contributed by atoms with Crippen molar-refractivity contribution in [2.45, 2.75) is 37.8 Å². The second kappa shape index (κ2) is 6.44. The maximum atomic E-state index is 13.7. The van der Waals surface area contributed by atoms with Crippen LogP contribution < -0.4 is 0 Å². The molecule has 0 spiro atoms. The van der Waals surface area contributed by atoms with Gasteiger partial charge in [-0.15, -0.1) is 0 Å². The van der Waals surface area contributed by atoms with Gasteiger partial charge in [0.25, 0.3) is 0 Å². The van der Waals surface area contributed by atoms with Gasteiger partial charge in [-0.05, 0) is 49.6 Å². The summed E-state index contributed by atoms with van der Waals surface area (Å²) in [6.45, 7) is 9.30. The summed E-state index contributed by atoms with van der Waals surface area (Å²) in [5.41, 5.74) is 6.53. The first kappa shape index (κ1) is 18.4. The highest BCUT2D eigenvalue weighted by Gasteiger charge is 2.42. The number of aryl methyl sites for hydroxylation is 1. The zero-order chi connectivity index (χ0) is 20.3. The number of benzene rings is 2. The van der Waals surface area contributed by atoms with Gasteiger partial charge in [-0.2, -0.15) is 4.31 Å². The number of aromatic nitrogens is 1. The summed E-state index contributed by atoms with van der Waals surface area (Å²) in [7, 11) is -3.63. The van der Waals surface area contributed by atoms with E-state index in [-0.39, 0.29) is 6.04 Å². The first-order valence-electron chi connectivity index (χ1n) is 9.94. The van der Waals surface area contributed by atoms with Crippen molar-refractivity contribution in [3.8, 4) is 0 Å². The van der Waals surface area contributed by atoms with E-state index in [1.807, 2.05) is 32.0 Å². The highest BCUT2D eigenvalue weighted by Crippen LogP contribution is 2.46. The normalized spacial score (nSPS) is 19.1. The van der Waals surface area contributed by atoms with Crippen molar-refractivity contribution >= 4 is 20.9 Å². The number of hydrogen-bond donors (Lipinski definition) is 0. The van der Waals surface area contributed by atoms with Crippen LogP contribution in [0.2, 0.25) is 0 Å². The minimum Gasteiger partial charge on any atom is -0.339 e. The van der Waals surface area contributed by atoms with Gasteiger partial charge >= 0.3 is 0 Å². The molecular formula is C24H24N2O2S. The number of allylic oxidation sites excluding steroid dienone is 1. The van der Waals surface area contributed by atoms with Gasteiger partial charge in [-0.1, -0.05) is 54.1 Å². The number of para-hydroxylation sites is 1. The van der Waals surface area contributed by atoms with Gasteiger partial charge < -0.3 is 4.57 Å². The summed E-state index contributed by atoms with van der Waals surface area (Å²) in [6.07, 6.45) is 2.85. The summed E-state index contributed by atoms with van der Waals surface area (Å²) in [4.78, 5) is 0.348. The summed E-state index contributed by atoms with van der Waals surface area (Å²) < 4.78 is 31.3. The standard InChI is InChI=1S/C24H24N2O2S/c1-16(2)19-12-14-25-22-7-5-4-6-20(22)21-13-15-26(24(19)23(21)25)29(27,28)18-10-8-17(3)9-11-18/h4-12,24H,1,13-15H2,2-3H3. The molecule has 1 unspecified atom stereocenters. The van der Waals surface area contributed by atoms with E-state index in [0.29, 0.717) is 17.9 Å². The van der Waals surface area contributed by atoms with Crippen molar-refractivity contribution in [3.05, 3.63) is 89.2 Å². The van der Waals surface area contributed by atoms with Crippen molar-refractivity contribution in [1.82, 2.24) is 8.87 Å². The molecule has 0 saturated carbocycles. The molecule has 5 rings (SSSR count). The highest BCUT2D eigenvalue weighted by atomic mass is 32.2. The van der Waals surface area contributed by atoms with Crippen LogP contribution in [0.25, 0.3) is 10.9 Å². The molecule has 0 amide bonds. The van der Waals surface area contributed by atoms with Gasteiger partial charge in [0.15, 0.2) is 0 Å². The predicted molar refractivity (Wildman–Crippen MR) is 116 cm³/mol. The Hall–Kier alpha value is -2.63. The topological polar surface area (TPSA) is 42.3 Å². The van der Waals surface area contributed by atoms with Crippen molar-refractivity contribution < 1.29 is 8.42 Å². The Morgan fingerprint density at radius 1 is 1.10 bits per heavy atom. The third-order valence-corrected chi connectivity index (χ3v) is 8.04. The van der Waals surface area contributed by atoms with E-state index in [1.165, 1.54) is 16.5 Å². The van der Waals surface area contributed by atoms with Gasteiger partial charge in [-0.3, -0.25) is 0 Å². The molecule has 29 heavy (non-hydrogen) atoms. The molecule has 2 aliphatic heterocycles. The lowest BCUT2D eigenvalue weighted by atomic mass is 9.89. The van der Waals surface area contributed by atoms with Crippen LogP contribution in [0, 0.1) is 6.92 Å². The smallest absolute Gasteiger partial charge is 0.244 e. The van der Waals surface area contributed by atoms with E-state index in [0.717, 1.165) is 28.9 Å². The van der Waals surface area contributed by atoms with E-state index in [2.05, 4.69) is 35.4 Å². The van der Waals surface area contributed by atoms with Crippen LogP contribution >= 0.6 is 0 Å². The van der Waals surface area contributed by atoms with Crippen LogP contribution in [0.4, 0.5) is 0 Å². The fourth-order valence-corrected chi connectivity index (χ4v) is 6.34. The Labute approximate surface area is 171 Å². The molecule has 3 heterocycles. The summed E-state index contributed by atoms with van der Waals surface area (Å²) >= 11 is 0. The van der Waals surface area contributed by atoms with Crippen molar-refractivity contribution in [2.75, 3.05) is 6.54 Å². The Balaban J connectivity index is 1.73. The highest BCUT2D eigenvalue weighted by molar-refractivity contribution is 7.89. The third kappa shape index (κ3) is 2.65. The molecule has 0 aliphatic carbocycles. The molecule has 0 saturated heterocycles. The first-order valence-corrected chi connectivity index (χ1v) is 11.4. The SMILES string of the molecule is C=C(C)C1=CCn2c3c(c4ccccc42)CCN(S(=O)(=O)c2ccc(C)cc2)C13. The van der Waals surface area contributed by atoms with Crippen LogP contribution in [-0.2, 0) is 23.0 Å². The van der Waals surface area contributed by atoms with Gasteiger partial charge in [-0.25, -0.2) is 8.42 Å². The molecule has 5 heteroatoms. The van der Waals surface area contributed by atoms with E-state index < -0.39 is 10.0 Å². The van der Waals surface area contributed by atoms with Gasteiger partial charge in [0, 0.05) is 29.7 Å². The van der Waals surface area contributed by atoms with Crippen LogP contribution in [-0.4, -0.2) is 23.8 Å². The minimum absolute atomic E-state index is 0.330. The predicted octanol–water partition coefficient (Wildman–Crippen LogP) is 4.75. The lowest BCUT2D eigenvalue weighted by molar-refractivity contribution is 0.324. The molecular weight excluding hydrogens is 380 g/mol. The lowest BCUT2D eigenvalue weighted by Gasteiger charge is -2.39. The Bertz CT molecular complexity index is 1280. The number of hydrogen-bond acceptors (Lipinski definition) is 2. The maximum Gasteiger partial charge on any atom is 0.244 e. The average Bonchev–Trinajstić information content (AvgIpc) is 3.04. The number of sulfonamides is 1. The lowest BCUT2D eigenvalue weighted by Crippen LogP contribution is -2.42. The molecule has 4 nitrogen and oxygen atoms in total. The molecule has 2 aromatic carbocycles.